The van der Waals surface area contributed by atoms with Crippen molar-refractivity contribution in [2.75, 3.05) is 6.61 Å². The molecule has 0 aromatic rings. The highest BCUT2D eigenvalue weighted by Gasteiger charge is 2.43. The molecular weight excluding hydrogens is 408 g/mol. The number of Topliss-reactive ketones (excluding diaryl/α,β-unsaturated/α-hetero) is 1. The van der Waals surface area contributed by atoms with Crippen molar-refractivity contribution in [2.24, 2.45) is 17.3 Å². The summed E-state index contributed by atoms with van der Waals surface area (Å²) in [6.07, 6.45) is 14.1. The van der Waals surface area contributed by atoms with E-state index in [2.05, 4.69) is 6.92 Å². The van der Waals surface area contributed by atoms with Crippen LogP contribution < -0.4 is 0 Å². The van der Waals surface area contributed by atoms with E-state index in [1.165, 1.54) is 13.3 Å². The Morgan fingerprint density at radius 2 is 1.81 bits per heavy atom. The van der Waals surface area contributed by atoms with Crippen LogP contribution in [0.2, 0.25) is 0 Å². The number of hydrogen-bond donors (Lipinski definition) is 3. The van der Waals surface area contributed by atoms with Crippen molar-refractivity contribution in [1.82, 2.24) is 0 Å². The van der Waals surface area contributed by atoms with Crippen molar-refractivity contribution in [2.45, 2.75) is 116 Å². The average molecular weight is 453 g/mol. The summed E-state index contributed by atoms with van der Waals surface area (Å²) in [6.45, 7) is 3.33. The molecule has 184 valence electrons. The standard InChI is InChI=1S/C26H44O6/c1-3-4-14-26(15-9-16-26)25(31)13-12-22-21(23(29)17-24(22)30)11-8-6-5-7-10-20(28)18-32-19(2)27/h12-13,21-25,29-31H,3-11,14-18H2,1-2H3/b13-12+/t21-,22-,23+,24-,25?/m1/s1. The maximum absolute atomic E-state index is 11.6. The van der Waals surface area contributed by atoms with E-state index in [9.17, 15) is 24.9 Å². The first kappa shape index (κ1) is 27.0. The molecule has 0 bridgehead atoms. The number of rotatable bonds is 15. The van der Waals surface area contributed by atoms with Gasteiger partial charge in [-0.25, -0.2) is 0 Å². The zero-order valence-electron chi connectivity index (χ0n) is 20.0. The van der Waals surface area contributed by atoms with Crippen LogP contribution in [-0.2, 0) is 14.3 Å². The highest BCUT2D eigenvalue weighted by atomic mass is 16.5. The first-order chi connectivity index (χ1) is 15.3. The maximum Gasteiger partial charge on any atom is 0.303 e. The summed E-state index contributed by atoms with van der Waals surface area (Å²) in [5.74, 6) is -0.600. The lowest BCUT2D eigenvalue weighted by atomic mass is 9.62. The van der Waals surface area contributed by atoms with Crippen LogP contribution in [-0.4, -0.2) is 52.0 Å². The summed E-state index contributed by atoms with van der Waals surface area (Å²) in [6, 6.07) is 0. The Labute approximate surface area is 193 Å². The van der Waals surface area contributed by atoms with Crippen LogP contribution in [0, 0.1) is 17.3 Å². The fraction of sp³-hybridized carbons (Fsp3) is 0.846. The number of esters is 1. The van der Waals surface area contributed by atoms with E-state index >= 15 is 0 Å². The number of carbonyl (C=O) groups is 2. The van der Waals surface area contributed by atoms with Crippen molar-refractivity contribution in [3.63, 3.8) is 0 Å². The normalized spacial score (nSPS) is 27.9. The molecule has 2 aliphatic carbocycles. The molecule has 2 fully saturated rings. The van der Waals surface area contributed by atoms with Gasteiger partial charge in [0.1, 0.15) is 6.61 Å². The molecule has 0 saturated heterocycles. The Balaban J connectivity index is 1.75. The number of hydrogen-bond acceptors (Lipinski definition) is 6. The lowest BCUT2D eigenvalue weighted by Crippen LogP contribution is -2.40. The minimum absolute atomic E-state index is 0.00651. The van der Waals surface area contributed by atoms with Gasteiger partial charge in [-0.05, 0) is 43.4 Å². The van der Waals surface area contributed by atoms with Crippen molar-refractivity contribution < 1.29 is 29.6 Å². The van der Waals surface area contributed by atoms with Crippen molar-refractivity contribution >= 4 is 11.8 Å². The summed E-state index contributed by atoms with van der Waals surface area (Å²) in [7, 11) is 0. The van der Waals surface area contributed by atoms with Crippen molar-refractivity contribution in [3.8, 4) is 0 Å². The Hall–Kier alpha value is -1.24. The molecule has 0 aliphatic heterocycles. The van der Waals surface area contributed by atoms with E-state index in [0.29, 0.717) is 12.8 Å². The highest BCUT2D eigenvalue weighted by molar-refractivity contribution is 5.81. The third kappa shape index (κ3) is 7.96. The predicted molar refractivity (Wildman–Crippen MR) is 124 cm³/mol. The molecule has 0 spiro atoms. The summed E-state index contributed by atoms with van der Waals surface area (Å²) < 4.78 is 4.71. The Morgan fingerprint density at radius 3 is 2.44 bits per heavy atom. The summed E-state index contributed by atoms with van der Waals surface area (Å²) >= 11 is 0. The second-order valence-electron chi connectivity index (χ2n) is 10.0. The van der Waals surface area contributed by atoms with Crippen LogP contribution in [0.4, 0.5) is 0 Å². The molecule has 2 aliphatic rings. The van der Waals surface area contributed by atoms with Crippen molar-refractivity contribution in [1.29, 1.82) is 0 Å². The fourth-order valence-electron chi connectivity index (χ4n) is 5.38. The smallest absolute Gasteiger partial charge is 0.303 e. The van der Waals surface area contributed by atoms with Crippen LogP contribution in [0.3, 0.4) is 0 Å². The lowest BCUT2D eigenvalue weighted by molar-refractivity contribution is -0.145. The van der Waals surface area contributed by atoms with Gasteiger partial charge in [-0.2, -0.15) is 0 Å². The van der Waals surface area contributed by atoms with Gasteiger partial charge in [0.05, 0.1) is 18.3 Å². The molecule has 6 nitrogen and oxygen atoms in total. The first-order valence-corrected chi connectivity index (χ1v) is 12.7. The molecule has 1 unspecified atom stereocenters. The monoisotopic (exact) mass is 452 g/mol. The Morgan fingerprint density at radius 1 is 1.09 bits per heavy atom. The van der Waals surface area contributed by atoms with E-state index in [0.717, 1.165) is 64.2 Å². The first-order valence-electron chi connectivity index (χ1n) is 12.7. The number of carbonyl (C=O) groups excluding carboxylic acids is 2. The molecule has 3 N–H and O–H groups in total. The van der Waals surface area contributed by atoms with Gasteiger partial charge in [0.2, 0.25) is 0 Å². The van der Waals surface area contributed by atoms with Crippen LogP contribution in [0.5, 0.6) is 0 Å². The predicted octanol–water partition coefficient (Wildman–Crippen LogP) is 4.09. The minimum Gasteiger partial charge on any atom is -0.458 e. The second-order valence-corrected chi connectivity index (χ2v) is 10.0. The van der Waals surface area contributed by atoms with Gasteiger partial charge in [-0.3, -0.25) is 9.59 Å². The molecule has 32 heavy (non-hydrogen) atoms. The minimum atomic E-state index is -0.565. The third-order valence-electron chi connectivity index (χ3n) is 7.62. The molecule has 5 atom stereocenters. The quantitative estimate of drug-likeness (QED) is 0.196. The highest BCUT2D eigenvalue weighted by Crippen LogP contribution is 2.48. The fourth-order valence-corrected chi connectivity index (χ4v) is 5.38. The van der Waals surface area contributed by atoms with Crippen LogP contribution in [0.25, 0.3) is 0 Å². The zero-order chi connectivity index (χ0) is 23.6. The number of ketones is 1. The number of ether oxygens (including phenoxy) is 1. The molecule has 0 radical (unpaired) electrons. The molecule has 2 saturated carbocycles. The number of unbranched alkanes of at least 4 members (excludes halogenated alkanes) is 4. The molecular formula is C26H44O6. The van der Waals surface area contributed by atoms with E-state index in [1.807, 2.05) is 12.2 Å². The molecule has 0 aromatic carbocycles. The van der Waals surface area contributed by atoms with Gasteiger partial charge in [0.15, 0.2) is 5.78 Å². The molecule has 2 rings (SSSR count). The number of aliphatic hydroxyl groups excluding tert-OH is 3. The summed E-state index contributed by atoms with van der Waals surface area (Å²) in [5.41, 5.74) is 0.0110. The van der Waals surface area contributed by atoms with Gasteiger partial charge >= 0.3 is 5.97 Å². The van der Waals surface area contributed by atoms with Gasteiger partial charge in [-0.1, -0.05) is 57.6 Å². The topological polar surface area (TPSA) is 104 Å². The molecule has 0 aromatic heterocycles. The van der Waals surface area contributed by atoms with Crippen LogP contribution in [0.15, 0.2) is 12.2 Å². The van der Waals surface area contributed by atoms with E-state index < -0.39 is 24.3 Å². The molecule has 6 heteroatoms. The van der Waals surface area contributed by atoms with E-state index in [4.69, 9.17) is 4.74 Å². The van der Waals surface area contributed by atoms with Crippen LogP contribution >= 0.6 is 0 Å². The molecule has 0 amide bonds. The van der Waals surface area contributed by atoms with Gasteiger partial charge in [0.25, 0.3) is 0 Å². The summed E-state index contributed by atoms with van der Waals surface area (Å²) in [5, 5.41) is 31.8. The second kappa shape index (κ2) is 13.5. The van der Waals surface area contributed by atoms with E-state index in [-0.39, 0.29) is 29.6 Å². The SMILES string of the molecule is CCCCC1(C(O)/C=C/[C@@H]2[C@@H](CCCCCCC(=O)COC(C)=O)[C@@H](O)C[C@H]2O)CCC1. The summed E-state index contributed by atoms with van der Waals surface area (Å²) in [4.78, 5) is 22.4. The average Bonchev–Trinajstić information content (AvgIpc) is 2.98. The third-order valence-corrected chi connectivity index (χ3v) is 7.62. The Bertz CT molecular complexity index is 611. The van der Waals surface area contributed by atoms with Crippen molar-refractivity contribution in [3.05, 3.63) is 12.2 Å². The largest absolute Gasteiger partial charge is 0.458 e. The maximum atomic E-state index is 11.6. The zero-order valence-corrected chi connectivity index (χ0v) is 20.0. The van der Waals surface area contributed by atoms with Gasteiger partial charge in [-0.15, -0.1) is 0 Å². The number of aliphatic hydroxyl groups is 3. The Kier molecular flexibility index (Phi) is 11.4. The van der Waals surface area contributed by atoms with Gasteiger partial charge in [0, 0.05) is 25.7 Å². The van der Waals surface area contributed by atoms with Gasteiger partial charge < -0.3 is 20.1 Å². The molecule has 0 heterocycles. The van der Waals surface area contributed by atoms with E-state index in [1.54, 1.807) is 0 Å². The lowest BCUT2D eigenvalue weighted by Gasteiger charge is -2.45. The van der Waals surface area contributed by atoms with Crippen LogP contribution in [0.1, 0.15) is 97.3 Å².